The van der Waals surface area contributed by atoms with Crippen LogP contribution in [0, 0.1) is 0 Å². The Hall–Kier alpha value is -3.69. The zero-order valence-electron chi connectivity index (χ0n) is 19.6. The minimum Gasteiger partial charge on any atom is -0.481 e. The molecule has 0 radical (unpaired) electrons. The quantitative estimate of drug-likeness (QED) is 0.338. The molecule has 9 nitrogen and oxygen atoms in total. The average Bonchev–Trinajstić information content (AvgIpc) is 3.35. The number of carbonyl (C=O) groups is 2. The number of amides is 1. The highest BCUT2D eigenvalue weighted by Gasteiger charge is 2.24. The van der Waals surface area contributed by atoms with E-state index >= 15 is 0 Å². The minimum absolute atomic E-state index is 0.220. The molecule has 1 heterocycles. The molecule has 2 aromatic carbocycles. The second-order valence-electron chi connectivity index (χ2n) is 8.03. The van der Waals surface area contributed by atoms with Crippen LogP contribution in [0.3, 0.4) is 0 Å². The molecule has 0 saturated carbocycles. The fourth-order valence-electron chi connectivity index (χ4n) is 3.52. The maximum Gasteiger partial charge on any atom is 0.411 e. The van der Waals surface area contributed by atoms with E-state index in [0.717, 1.165) is 36.8 Å². The molecule has 180 valence electrons. The number of ether oxygens (including phenoxy) is 2. The van der Waals surface area contributed by atoms with E-state index in [4.69, 9.17) is 19.4 Å². The number of aromatic nitrogens is 2. The van der Waals surface area contributed by atoms with Crippen molar-refractivity contribution in [3.05, 3.63) is 59.7 Å². The largest absolute Gasteiger partial charge is 0.481 e. The number of likely N-dealkylation sites (N-methyl/N-ethyl adjacent to an activating group) is 1. The highest BCUT2D eigenvalue weighted by Crippen LogP contribution is 2.39. The van der Waals surface area contributed by atoms with Gasteiger partial charge in [-0.1, -0.05) is 36.4 Å². The van der Waals surface area contributed by atoms with Gasteiger partial charge >= 0.3 is 6.09 Å². The SMILES string of the molecule is CC(=O)O.CN(C)CCOCCOC(=O)Nc1ccc(-c2n[nH]c3c2Cc2ccccc2-3)cc1. The lowest BCUT2D eigenvalue weighted by molar-refractivity contribution is -0.134. The third kappa shape index (κ3) is 6.90. The van der Waals surface area contributed by atoms with Gasteiger partial charge in [-0.05, 0) is 31.8 Å². The highest BCUT2D eigenvalue weighted by molar-refractivity contribution is 5.86. The molecule has 3 aromatic rings. The molecule has 0 saturated heterocycles. The van der Waals surface area contributed by atoms with E-state index in [1.54, 1.807) is 0 Å². The predicted octanol–water partition coefficient (Wildman–Crippen LogP) is 3.87. The highest BCUT2D eigenvalue weighted by atomic mass is 16.6. The number of nitrogens with zero attached hydrogens (tertiary/aromatic N) is 2. The van der Waals surface area contributed by atoms with Crippen LogP contribution in [0.4, 0.5) is 10.5 Å². The third-order valence-electron chi connectivity index (χ3n) is 5.07. The summed E-state index contributed by atoms with van der Waals surface area (Å²) in [5.41, 5.74) is 7.48. The molecule has 0 bridgehead atoms. The number of aliphatic carboxylic acids is 1. The summed E-state index contributed by atoms with van der Waals surface area (Å²) in [4.78, 5) is 23.0. The summed E-state index contributed by atoms with van der Waals surface area (Å²) in [6.07, 6.45) is 0.385. The van der Waals surface area contributed by atoms with Gasteiger partial charge < -0.3 is 19.5 Å². The van der Waals surface area contributed by atoms with Crippen molar-refractivity contribution in [2.24, 2.45) is 0 Å². The van der Waals surface area contributed by atoms with Gasteiger partial charge in [-0.15, -0.1) is 0 Å². The smallest absolute Gasteiger partial charge is 0.411 e. The molecular formula is C25H30N4O5. The molecule has 0 atom stereocenters. The van der Waals surface area contributed by atoms with Crippen LogP contribution < -0.4 is 5.32 Å². The first-order valence-electron chi connectivity index (χ1n) is 11.0. The van der Waals surface area contributed by atoms with Crippen LogP contribution in [0.25, 0.3) is 22.5 Å². The summed E-state index contributed by atoms with van der Waals surface area (Å²) < 4.78 is 10.6. The van der Waals surface area contributed by atoms with Gasteiger partial charge in [0.1, 0.15) is 6.61 Å². The normalized spacial score (nSPS) is 11.3. The number of carboxylic acids is 1. The number of hydrogen-bond donors (Lipinski definition) is 3. The number of fused-ring (bicyclic) bond motifs is 3. The summed E-state index contributed by atoms with van der Waals surface area (Å²) in [5.74, 6) is -0.833. The Morgan fingerprint density at radius 1 is 1.09 bits per heavy atom. The van der Waals surface area contributed by atoms with E-state index in [1.807, 2.05) is 49.3 Å². The Bertz CT molecular complexity index is 1100. The third-order valence-corrected chi connectivity index (χ3v) is 5.07. The van der Waals surface area contributed by atoms with Crippen LogP contribution in [0.1, 0.15) is 18.1 Å². The number of hydrogen-bond acceptors (Lipinski definition) is 6. The lowest BCUT2D eigenvalue weighted by Crippen LogP contribution is -2.20. The van der Waals surface area contributed by atoms with Crippen molar-refractivity contribution in [2.45, 2.75) is 13.3 Å². The van der Waals surface area contributed by atoms with Gasteiger partial charge in [0.2, 0.25) is 0 Å². The second kappa shape index (κ2) is 12.0. The fraction of sp³-hybridized carbons (Fsp3) is 0.320. The van der Waals surface area contributed by atoms with Crippen LogP contribution >= 0.6 is 0 Å². The molecule has 0 spiro atoms. The molecule has 1 aliphatic carbocycles. The Balaban J connectivity index is 0.000000751. The fourth-order valence-corrected chi connectivity index (χ4v) is 3.52. The molecule has 34 heavy (non-hydrogen) atoms. The number of nitrogens with one attached hydrogen (secondary N) is 2. The maximum absolute atomic E-state index is 11.9. The van der Waals surface area contributed by atoms with Crippen LogP contribution in [-0.2, 0) is 20.7 Å². The van der Waals surface area contributed by atoms with Crippen molar-refractivity contribution in [3.8, 4) is 22.5 Å². The zero-order chi connectivity index (χ0) is 24.5. The molecule has 9 heteroatoms. The van der Waals surface area contributed by atoms with Crippen LogP contribution in [0.5, 0.6) is 0 Å². The first-order chi connectivity index (χ1) is 16.3. The molecule has 1 aliphatic rings. The van der Waals surface area contributed by atoms with E-state index in [1.165, 1.54) is 16.7 Å². The minimum atomic E-state index is -0.833. The van der Waals surface area contributed by atoms with Gasteiger partial charge in [-0.25, -0.2) is 4.79 Å². The molecule has 4 rings (SSSR count). The van der Waals surface area contributed by atoms with Crippen LogP contribution in [-0.4, -0.2) is 72.7 Å². The van der Waals surface area contributed by atoms with E-state index < -0.39 is 12.1 Å². The molecule has 3 N–H and O–H groups in total. The Labute approximate surface area is 198 Å². The van der Waals surface area contributed by atoms with Crippen LogP contribution in [0.15, 0.2) is 48.5 Å². The zero-order valence-corrected chi connectivity index (χ0v) is 19.6. The molecule has 0 fully saturated rings. The van der Waals surface area contributed by atoms with E-state index in [2.05, 4.69) is 33.7 Å². The Kier molecular flexibility index (Phi) is 8.78. The Morgan fingerprint density at radius 2 is 1.79 bits per heavy atom. The summed E-state index contributed by atoms with van der Waals surface area (Å²) in [7, 11) is 3.97. The number of carboxylic acid groups (broad SMARTS) is 1. The number of anilines is 1. The van der Waals surface area contributed by atoms with E-state index in [9.17, 15) is 4.79 Å². The second-order valence-corrected chi connectivity index (χ2v) is 8.03. The summed E-state index contributed by atoms with van der Waals surface area (Å²) in [6.45, 7) is 3.13. The number of H-pyrrole nitrogens is 1. The van der Waals surface area contributed by atoms with Gasteiger partial charge in [0.15, 0.2) is 0 Å². The topological polar surface area (TPSA) is 117 Å². The lowest BCUT2D eigenvalue weighted by atomic mass is 10.1. The number of benzene rings is 2. The van der Waals surface area contributed by atoms with Gasteiger partial charge in [-0.3, -0.25) is 15.2 Å². The molecular weight excluding hydrogens is 436 g/mol. The maximum atomic E-state index is 11.9. The molecule has 1 amide bonds. The summed E-state index contributed by atoms with van der Waals surface area (Å²) >= 11 is 0. The molecule has 0 aliphatic heterocycles. The monoisotopic (exact) mass is 466 g/mol. The summed E-state index contributed by atoms with van der Waals surface area (Å²) in [6, 6.07) is 16.0. The Morgan fingerprint density at radius 3 is 2.50 bits per heavy atom. The molecule has 0 unspecified atom stereocenters. The predicted molar refractivity (Wildman–Crippen MR) is 130 cm³/mol. The van der Waals surface area contributed by atoms with Crippen molar-refractivity contribution < 1.29 is 24.2 Å². The number of carbonyl (C=O) groups excluding carboxylic acids is 1. The van der Waals surface area contributed by atoms with Gasteiger partial charge in [0, 0.05) is 42.3 Å². The standard InChI is InChI=1S/C23H26N4O3.C2H4O2/c1-27(2)11-12-29-13-14-30-23(28)24-18-9-7-16(8-10-18)21-20-15-17-5-3-4-6-19(17)22(20)26-25-21;1-2(3)4/h3-10H,11-15H2,1-2H3,(H,24,28)(H,25,26);1H3,(H,3,4). The van der Waals surface area contributed by atoms with E-state index in [-0.39, 0.29) is 6.61 Å². The number of rotatable bonds is 8. The first kappa shape index (κ1) is 24.9. The van der Waals surface area contributed by atoms with Gasteiger partial charge in [-0.2, -0.15) is 5.10 Å². The van der Waals surface area contributed by atoms with Crippen molar-refractivity contribution >= 4 is 17.7 Å². The van der Waals surface area contributed by atoms with Gasteiger partial charge in [0.25, 0.3) is 5.97 Å². The summed E-state index contributed by atoms with van der Waals surface area (Å²) in [5, 5.41) is 17.9. The van der Waals surface area contributed by atoms with Crippen molar-refractivity contribution in [3.63, 3.8) is 0 Å². The van der Waals surface area contributed by atoms with Crippen molar-refractivity contribution in [1.82, 2.24) is 15.1 Å². The van der Waals surface area contributed by atoms with Gasteiger partial charge in [0.05, 0.1) is 24.6 Å². The first-order valence-corrected chi connectivity index (χ1v) is 11.0. The van der Waals surface area contributed by atoms with Crippen LogP contribution in [0.2, 0.25) is 0 Å². The average molecular weight is 467 g/mol. The molecule has 1 aromatic heterocycles. The lowest BCUT2D eigenvalue weighted by Gasteiger charge is -2.10. The number of aromatic amines is 1. The van der Waals surface area contributed by atoms with Crippen molar-refractivity contribution in [2.75, 3.05) is 45.8 Å². The van der Waals surface area contributed by atoms with Crippen molar-refractivity contribution in [1.29, 1.82) is 0 Å². The van der Waals surface area contributed by atoms with E-state index in [0.29, 0.717) is 18.9 Å².